The highest BCUT2D eigenvalue weighted by molar-refractivity contribution is 4.81. The molecular formula is C13H28N2O2. The van der Waals surface area contributed by atoms with Crippen LogP contribution in [0.2, 0.25) is 0 Å². The second kappa shape index (κ2) is 8.86. The van der Waals surface area contributed by atoms with E-state index in [2.05, 4.69) is 24.2 Å². The summed E-state index contributed by atoms with van der Waals surface area (Å²) in [5.41, 5.74) is 0. The average Bonchev–Trinajstić information content (AvgIpc) is 2.82. The van der Waals surface area contributed by atoms with Crippen molar-refractivity contribution in [1.82, 2.24) is 10.2 Å². The van der Waals surface area contributed by atoms with Gasteiger partial charge in [0, 0.05) is 38.3 Å². The first-order valence-electron chi connectivity index (χ1n) is 6.85. The van der Waals surface area contributed by atoms with Crippen molar-refractivity contribution in [3.05, 3.63) is 0 Å². The van der Waals surface area contributed by atoms with Crippen LogP contribution in [0.1, 0.15) is 20.3 Å². The summed E-state index contributed by atoms with van der Waals surface area (Å²) in [6.07, 6.45) is 1.19. The van der Waals surface area contributed by atoms with E-state index in [4.69, 9.17) is 9.47 Å². The molecule has 0 bridgehead atoms. The minimum atomic E-state index is 0.550. The molecule has 2 atom stereocenters. The van der Waals surface area contributed by atoms with Crippen LogP contribution in [0, 0.1) is 5.92 Å². The molecule has 4 heteroatoms. The van der Waals surface area contributed by atoms with Gasteiger partial charge < -0.3 is 19.7 Å². The van der Waals surface area contributed by atoms with Crippen molar-refractivity contribution in [2.24, 2.45) is 5.92 Å². The number of likely N-dealkylation sites (N-methyl/N-ethyl adjacent to an activating group) is 2. The molecule has 17 heavy (non-hydrogen) atoms. The monoisotopic (exact) mass is 244 g/mol. The number of rotatable bonds is 9. The van der Waals surface area contributed by atoms with E-state index in [1.807, 2.05) is 6.92 Å². The van der Waals surface area contributed by atoms with Crippen LogP contribution in [0.5, 0.6) is 0 Å². The Hall–Kier alpha value is -0.160. The number of ether oxygens (including phenoxy) is 2. The van der Waals surface area contributed by atoms with E-state index in [1.165, 1.54) is 6.42 Å². The molecule has 102 valence electrons. The van der Waals surface area contributed by atoms with Crippen molar-refractivity contribution in [3.63, 3.8) is 0 Å². The van der Waals surface area contributed by atoms with Gasteiger partial charge in [-0.3, -0.25) is 0 Å². The Bertz CT molecular complexity index is 184. The van der Waals surface area contributed by atoms with Gasteiger partial charge in [0.05, 0.1) is 13.2 Å². The molecule has 1 rings (SSSR count). The molecule has 1 aliphatic rings. The standard InChI is InChI=1S/C13H28N2O2/c1-4-14-13(12-6-8-17-11-12)10-15(3)7-9-16-5-2/h12-14H,4-11H2,1-3H3. The van der Waals surface area contributed by atoms with Crippen molar-refractivity contribution in [1.29, 1.82) is 0 Å². The van der Waals surface area contributed by atoms with E-state index in [0.29, 0.717) is 12.0 Å². The lowest BCUT2D eigenvalue weighted by Gasteiger charge is -2.28. The van der Waals surface area contributed by atoms with Gasteiger partial charge in [-0.05, 0) is 26.9 Å². The zero-order chi connectivity index (χ0) is 12.5. The lowest BCUT2D eigenvalue weighted by Crippen LogP contribution is -2.45. The molecule has 0 aromatic heterocycles. The van der Waals surface area contributed by atoms with E-state index in [0.717, 1.165) is 46.1 Å². The van der Waals surface area contributed by atoms with E-state index in [9.17, 15) is 0 Å². The van der Waals surface area contributed by atoms with Gasteiger partial charge in [-0.1, -0.05) is 6.92 Å². The first-order valence-corrected chi connectivity index (χ1v) is 6.85. The Balaban J connectivity index is 2.26. The molecule has 1 saturated heterocycles. The van der Waals surface area contributed by atoms with Crippen LogP contribution in [-0.2, 0) is 9.47 Å². The Kier molecular flexibility index (Phi) is 7.77. The zero-order valence-electron chi connectivity index (χ0n) is 11.6. The molecule has 1 aliphatic heterocycles. The van der Waals surface area contributed by atoms with Gasteiger partial charge in [-0.25, -0.2) is 0 Å². The Labute approximate surface area is 106 Å². The Morgan fingerprint density at radius 2 is 2.29 bits per heavy atom. The second-order valence-corrected chi connectivity index (χ2v) is 4.75. The maximum absolute atomic E-state index is 5.48. The van der Waals surface area contributed by atoms with Crippen LogP contribution in [0.3, 0.4) is 0 Å². The molecule has 0 spiro atoms. The maximum Gasteiger partial charge on any atom is 0.0593 e. The highest BCUT2D eigenvalue weighted by Crippen LogP contribution is 2.17. The summed E-state index contributed by atoms with van der Waals surface area (Å²) >= 11 is 0. The van der Waals surface area contributed by atoms with Crippen LogP contribution in [0.25, 0.3) is 0 Å². The van der Waals surface area contributed by atoms with E-state index < -0.39 is 0 Å². The minimum absolute atomic E-state index is 0.550. The average molecular weight is 244 g/mol. The van der Waals surface area contributed by atoms with Crippen LogP contribution >= 0.6 is 0 Å². The normalized spacial score (nSPS) is 22.2. The van der Waals surface area contributed by atoms with Gasteiger partial charge in [-0.2, -0.15) is 0 Å². The summed E-state index contributed by atoms with van der Waals surface area (Å²) < 4.78 is 10.9. The molecular weight excluding hydrogens is 216 g/mol. The van der Waals surface area contributed by atoms with E-state index >= 15 is 0 Å². The fourth-order valence-corrected chi connectivity index (χ4v) is 2.30. The summed E-state index contributed by atoms with van der Waals surface area (Å²) in [5.74, 6) is 0.671. The van der Waals surface area contributed by atoms with E-state index in [1.54, 1.807) is 0 Å². The summed E-state index contributed by atoms with van der Waals surface area (Å²) in [6.45, 7) is 10.8. The summed E-state index contributed by atoms with van der Waals surface area (Å²) in [4.78, 5) is 2.35. The van der Waals surface area contributed by atoms with Gasteiger partial charge in [0.1, 0.15) is 0 Å². The predicted molar refractivity (Wildman–Crippen MR) is 70.4 cm³/mol. The largest absolute Gasteiger partial charge is 0.381 e. The minimum Gasteiger partial charge on any atom is -0.381 e. The molecule has 0 aromatic carbocycles. The molecule has 0 saturated carbocycles. The number of nitrogens with zero attached hydrogens (tertiary/aromatic N) is 1. The lowest BCUT2D eigenvalue weighted by molar-refractivity contribution is 0.113. The Morgan fingerprint density at radius 3 is 2.88 bits per heavy atom. The molecule has 0 aliphatic carbocycles. The molecule has 4 nitrogen and oxygen atoms in total. The van der Waals surface area contributed by atoms with Gasteiger partial charge >= 0.3 is 0 Å². The van der Waals surface area contributed by atoms with Crippen molar-refractivity contribution < 1.29 is 9.47 Å². The third kappa shape index (κ3) is 5.82. The fourth-order valence-electron chi connectivity index (χ4n) is 2.30. The molecule has 0 aromatic rings. The van der Waals surface area contributed by atoms with Gasteiger partial charge in [0.25, 0.3) is 0 Å². The topological polar surface area (TPSA) is 33.7 Å². The SMILES string of the molecule is CCNC(CN(C)CCOCC)C1CCOC1. The number of hydrogen-bond donors (Lipinski definition) is 1. The number of nitrogens with one attached hydrogen (secondary N) is 1. The zero-order valence-corrected chi connectivity index (χ0v) is 11.6. The van der Waals surface area contributed by atoms with Crippen LogP contribution in [0.4, 0.5) is 0 Å². The molecule has 0 radical (unpaired) electrons. The highest BCUT2D eigenvalue weighted by Gasteiger charge is 2.25. The molecule has 1 heterocycles. The second-order valence-electron chi connectivity index (χ2n) is 4.75. The third-order valence-corrected chi connectivity index (χ3v) is 3.33. The Morgan fingerprint density at radius 1 is 1.47 bits per heavy atom. The third-order valence-electron chi connectivity index (χ3n) is 3.33. The fraction of sp³-hybridized carbons (Fsp3) is 1.00. The van der Waals surface area contributed by atoms with Gasteiger partial charge in [0.2, 0.25) is 0 Å². The van der Waals surface area contributed by atoms with Crippen molar-refractivity contribution >= 4 is 0 Å². The van der Waals surface area contributed by atoms with Crippen molar-refractivity contribution in [2.75, 3.05) is 53.1 Å². The number of hydrogen-bond acceptors (Lipinski definition) is 4. The van der Waals surface area contributed by atoms with Crippen LogP contribution < -0.4 is 5.32 Å². The first kappa shape index (κ1) is 14.9. The maximum atomic E-state index is 5.48. The molecule has 0 amide bonds. The summed E-state index contributed by atoms with van der Waals surface area (Å²) in [5, 5.41) is 3.58. The summed E-state index contributed by atoms with van der Waals surface area (Å²) in [6, 6.07) is 0.550. The predicted octanol–water partition coefficient (Wildman–Crippen LogP) is 0.969. The van der Waals surface area contributed by atoms with Crippen molar-refractivity contribution in [3.8, 4) is 0 Å². The van der Waals surface area contributed by atoms with Crippen LogP contribution in [0.15, 0.2) is 0 Å². The molecule has 1 fully saturated rings. The highest BCUT2D eigenvalue weighted by atomic mass is 16.5. The van der Waals surface area contributed by atoms with Crippen LogP contribution in [-0.4, -0.2) is 64.1 Å². The summed E-state index contributed by atoms with van der Waals surface area (Å²) in [7, 11) is 2.17. The smallest absolute Gasteiger partial charge is 0.0593 e. The van der Waals surface area contributed by atoms with Crippen molar-refractivity contribution in [2.45, 2.75) is 26.3 Å². The lowest BCUT2D eigenvalue weighted by atomic mass is 9.98. The first-order chi connectivity index (χ1) is 8.27. The quantitative estimate of drug-likeness (QED) is 0.613. The van der Waals surface area contributed by atoms with Gasteiger partial charge in [-0.15, -0.1) is 0 Å². The molecule has 1 N–H and O–H groups in total. The van der Waals surface area contributed by atoms with E-state index in [-0.39, 0.29) is 0 Å². The van der Waals surface area contributed by atoms with Gasteiger partial charge in [0.15, 0.2) is 0 Å². The molecule has 2 unspecified atom stereocenters.